The molecule has 1 aliphatic rings. The van der Waals surface area contributed by atoms with Crippen molar-refractivity contribution in [3.05, 3.63) is 0 Å². The number of rotatable bonds is 4. The molecule has 76 valence electrons. The smallest absolute Gasteiger partial charge is 0.308 e. The zero-order valence-corrected chi connectivity index (χ0v) is 6.99. The van der Waals surface area contributed by atoms with E-state index in [2.05, 4.69) is 0 Å². The van der Waals surface area contributed by atoms with Crippen LogP contribution in [0.3, 0.4) is 0 Å². The third-order valence-electron chi connectivity index (χ3n) is 2.55. The number of hydrogen-bond acceptors (Lipinski definition) is 4. The SMILES string of the molecule is O=CC1C(C=O)C(C(=O)O)C1C(=O)O. The Morgan fingerprint density at radius 1 is 0.857 bits per heavy atom. The first-order chi connectivity index (χ1) is 6.54. The average Bonchev–Trinajstić information content (AvgIpc) is 2.02. The van der Waals surface area contributed by atoms with Gasteiger partial charge in [-0.15, -0.1) is 0 Å². The number of carboxylic acids is 2. The van der Waals surface area contributed by atoms with Crippen molar-refractivity contribution in [1.82, 2.24) is 0 Å². The van der Waals surface area contributed by atoms with Crippen LogP contribution >= 0.6 is 0 Å². The van der Waals surface area contributed by atoms with Crippen molar-refractivity contribution in [3.8, 4) is 0 Å². The molecule has 0 bridgehead atoms. The summed E-state index contributed by atoms with van der Waals surface area (Å²) in [5.41, 5.74) is 0. The summed E-state index contributed by atoms with van der Waals surface area (Å²) in [7, 11) is 0. The first-order valence-corrected chi connectivity index (χ1v) is 3.90. The van der Waals surface area contributed by atoms with Crippen molar-refractivity contribution in [3.63, 3.8) is 0 Å². The Balaban J connectivity index is 2.92. The molecule has 0 radical (unpaired) electrons. The summed E-state index contributed by atoms with van der Waals surface area (Å²) < 4.78 is 0. The van der Waals surface area contributed by atoms with Crippen molar-refractivity contribution >= 4 is 24.5 Å². The van der Waals surface area contributed by atoms with E-state index in [9.17, 15) is 19.2 Å². The summed E-state index contributed by atoms with van der Waals surface area (Å²) >= 11 is 0. The molecule has 0 heterocycles. The van der Waals surface area contributed by atoms with Crippen molar-refractivity contribution in [2.75, 3.05) is 0 Å². The van der Waals surface area contributed by atoms with Crippen LogP contribution < -0.4 is 0 Å². The van der Waals surface area contributed by atoms with Crippen LogP contribution in [0.25, 0.3) is 0 Å². The summed E-state index contributed by atoms with van der Waals surface area (Å²) in [5, 5.41) is 17.3. The highest BCUT2D eigenvalue weighted by Gasteiger charge is 2.57. The second-order valence-corrected chi connectivity index (χ2v) is 3.15. The molecule has 14 heavy (non-hydrogen) atoms. The average molecular weight is 200 g/mol. The highest BCUT2D eigenvalue weighted by molar-refractivity contribution is 5.90. The predicted octanol–water partition coefficient (Wildman–Crippen LogP) is -0.968. The standard InChI is InChI=1S/C8H8O6/c9-1-3-4(2-10)6(8(13)14)5(3)7(11)12/h1-6H,(H,11,12)(H,13,14). The van der Waals surface area contributed by atoms with E-state index in [0.29, 0.717) is 12.6 Å². The number of aldehydes is 2. The van der Waals surface area contributed by atoms with Crippen molar-refractivity contribution in [1.29, 1.82) is 0 Å². The molecule has 1 rings (SSSR count). The third kappa shape index (κ3) is 1.28. The quantitative estimate of drug-likeness (QED) is 0.565. The zero-order chi connectivity index (χ0) is 10.9. The normalized spacial score (nSPS) is 35.4. The number of aliphatic carboxylic acids is 2. The molecule has 2 N–H and O–H groups in total. The molecule has 4 unspecified atom stereocenters. The molecule has 0 aromatic rings. The van der Waals surface area contributed by atoms with E-state index >= 15 is 0 Å². The fourth-order valence-electron chi connectivity index (χ4n) is 1.80. The van der Waals surface area contributed by atoms with E-state index in [0.717, 1.165) is 0 Å². The molecule has 6 heteroatoms. The van der Waals surface area contributed by atoms with Crippen LogP contribution in [0.1, 0.15) is 0 Å². The van der Waals surface area contributed by atoms with E-state index in [1.165, 1.54) is 0 Å². The lowest BCUT2D eigenvalue weighted by Gasteiger charge is -2.41. The minimum absolute atomic E-state index is 0.331. The molecule has 0 aliphatic heterocycles. The van der Waals surface area contributed by atoms with Crippen LogP contribution in [-0.2, 0) is 19.2 Å². The van der Waals surface area contributed by atoms with E-state index < -0.39 is 35.6 Å². The zero-order valence-electron chi connectivity index (χ0n) is 6.99. The molecule has 0 aromatic heterocycles. The van der Waals surface area contributed by atoms with Crippen LogP contribution in [-0.4, -0.2) is 34.7 Å². The Hall–Kier alpha value is -1.72. The molecule has 1 saturated carbocycles. The Morgan fingerprint density at radius 2 is 1.14 bits per heavy atom. The number of carboxylic acid groups (broad SMARTS) is 2. The number of carbonyl (C=O) groups is 4. The van der Waals surface area contributed by atoms with E-state index in [4.69, 9.17) is 10.2 Å². The Morgan fingerprint density at radius 3 is 1.29 bits per heavy atom. The fourth-order valence-corrected chi connectivity index (χ4v) is 1.80. The van der Waals surface area contributed by atoms with Gasteiger partial charge in [0.25, 0.3) is 0 Å². The molecular formula is C8H8O6. The Labute approximate surface area is 78.5 Å². The largest absolute Gasteiger partial charge is 0.481 e. The monoisotopic (exact) mass is 200 g/mol. The van der Waals surface area contributed by atoms with Crippen molar-refractivity contribution in [2.45, 2.75) is 0 Å². The van der Waals surface area contributed by atoms with Crippen molar-refractivity contribution in [2.24, 2.45) is 23.7 Å². The van der Waals surface area contributed by atoms with Gasteiger partial charge in [0.05, 0.1) is 11.8 Å². The maximum absolute atomic E-state index is 10.6. The molecule has 0 saturated heterocycles. The molecule has 1 aliphatic carbocycles. The molecule has 0 spiro atoms. The topological polar surface area (TPSA) is 109 Å². The first kappa shape index (κ1) is 10.4. The third-order valence-corrected chi connectivity index (χ3v) is 2.55. The Kier molecular flexibility index (Phi) is 2.64. The minimum atomic E-state index is -1.35. The lowest BCUT2D eigenvalue weighted by molar-refractivity contribution is -0.175. The second-order valence-electron chi connectivity index (χ2n) is 3.15. The fraction of sp³-hybridized carbons (Fsp3) is 0.500. The maximum atomic E-state index is 10.6. The molecule has 1 fully saturated rings. The van der Waals surface area contributed by atoms with Gasteiger partial charge < -0.3 is 19.8 Å². The molecule has 4 atom stereocenters. The summed E-state index contributed by atoms with van der Waals surface area (Å²) in [5.74, 6) is -7.28. The lowest BCUT2D eigenvalue weighted by atomic mass is 9.57. The summed E-state index contributed by atoms with van der Waals surface area (Å²) in [6, 6.07) is 0. The van der Waals surface area contributed by atoms with Gasteiger partial charge >= 0.3 is 11.9 Å². The van der Waals surface area contributed by atoms with Gasteiger partial charge in [-0.3, -0.25) is 9.59 Å². The summed E-state index contributed by atoms with van der Waals surface area (Å²) in [6.07, 6.45) is 0.661. The molecule has 6 nitrogen and oxygen atoms in total. The van der Waals surface area contributed by atoms with Gasteiger partial charge in [0.2, 0.25) is 0 Å². The van der Waals surface area contributed by atoms with Crippen LogP contribution in [0.5, 0.6) is 0 Å². The van der Waals surface area contributed by atoms with Gasteiger partial charge in [0.1, 0.15) is 12.6 Å². The van der Waals surface area contributed by atoms with Crippen molar-refractivity contribution < 1.29 is 29.4 Å². The summed E-state index contributed by atoms with van der Waals surface area (Å²) in [6.45, 7) is 0. The van der Waals surface area contributed by atoms with Gasteiger partial charge in [0, 0.05) is 11.8 Å². The van der Waals surface area contributed by atoms with Crippen LogP contribution in [0.2, 0.25) is 0 Å². The van der Waals surface area contributed by atoms with Gasteiger partial charge in [0.15, 0.2) is 0 Å². The molecule has 0 amide bonds. The van der Waals surface area contributed by atoms with E-state index in [1.54, 1.807) is 0 Å². The molecule has 0 aromatic carbocycles. The van der Waals surface area contributed by atoms with Gasteiger partial charge in [-0.25, -0.2) is 0 Å². The lowest BCUT2D eigenvalue weighted by Crippen LogP contribution is -2.55. The highest BCUT2D eigenvalue weighted by Crippen LogP contribution is 2.44. The number of hydrogen-bond donors (Lipinski definition) is 2. The highest BCUT2D eigenvalue weighted by atomic mass is 16.4. The van der Waals surface area contributed by atoms with Crippen LogP contribution in [0, 0.1) is 23.7 Å². The number of carbonyl (C=O) groups excluding carboxylic acids is 2. The summed E-state index contributed by atoms with van der Waals surface area (Å²) in [4.78, 5) is 42.0. The van der Waals surface area contributed by atoms with Gasteiger partial charge in [-0.1, -0.05) is 0 Å². The first-order valence-electron chi connectivity index (χ1n) is 3.90. The van der Waals surface area contributed by atoms with Gasteiger partial charge in [-0.05, 0) is 0 Å². The maximum Gasteiger partial charge on any atom is 0.308 e. The van der Waals surface area contributed by atoms with E-state index in [1.807, 2.05) is 0 Å². The minimum Gasteiger partial charge on any atom is -0.481 e. The second kappa shape index (κ2) is 3.57. The van der Waals surface area contributed by atoms with E-state index in [-0.39, 0.29) is 0 Å². The predicted molar refractivity (Wildman–Crippen MR) is 41.4 cm³/mol. The van der Waals surface area contributed by atoms with Gasteiger partial charge in [-0.2, -0.15) is 0 Å². The Bertz CT molecular complexity index is 266. The van der Waals surface area contributed by atoms with Crippen LogP contribution in [0.4, 0.5) is 0 Å². The molecular weight excluding hydrogens is 192 g/mol. The van der Waals surface area contributed by atoms with Crippen LogP contribution in [0.15, 0.2) is 0 Å².